The Balaban J connectivity index is 1.51. The molecule has 3 nitrogen and oxygen atoms in total. The fraction of sp³-hybridized carbons (Fsp3) is 0.240. The topological polar surface area (TPSA) is 38.0 Å². The Morgan fingerprint density at radius 1 is 1.10 bits per heavy atom. The first-order valence-electron chi connectivity index (χ1n) is 9.99. The van der Waals surface area contributed by atoms with Crippen LogP contribution in [0.2, 0.25) is 0 Å². The summed E-state index contributed by atoms with van der Waals surface area (Å²) < 4.78 is 15.2. The molecule has 2 aromatic carbocycles. The number of rotatable bonds is 3. The van der Waals surface area contributed by atoms with Gasteiger partial charge in [0.05, 0.1) is 23.2 Å². The second-order valence-corrected chi connectivity index (χ2v) is 8.29. The molecule has 1 aromatic heterocycles. The van der Waals surface area contributed by atoms with Crippen LogP contribution < -0.4 is 0 Å². The minimum Gasteiger partial charge on any atom is -0.385 e. The molecule has 2 aliphatic rings. The van der Waals surface area contributed by atoms with Crippen molar-refractivity contribution < 1.29 is 9.50 Å². The van der Waals surface area contributed by atoms with E-state index < -0.39 is 5.60 Å². The molecule has 2 aliphatic carbocycles. The highest BCUT2D eigenvalue weighted by molar-refractivity contribution is 5.64. The Labute approximate surface area is 169 Å². The molecular formula is C25H23FN2O. The summed E-state index contributed by atoms with van der Waals surface area (Å²) in [6.07, 6.45) is 10.3. The highest BCUT2D eigenvalue weighted by atomic mass is 19.1. The van der Waals surface area contributed by atoms with E-state index in [9.17, 15) is 9.50 Å². The zero-order valence-electron chi connectivity index (χ0n) is 16.3. The lowest BCUT2D eigenvalue weighted by molar-refractivity contribution is 0.00668. The lowest BCUT2D eigenvalue weighted by Crippen LogP contribution is -2.43. The van der Waals surface area contributed by atoms with Crippen molar-refractivity contribution in [1.82, 2.24) is 9.78 Å². The number of hydrogen-bond acceptors (Lipinski definition) is 2. The van der Waals surface area contributed by atoms with Gasteiger partial charge in [0, 0.05) is 5.41 Å². The molecular weight excluding hydrogens is 363 g/mol. The van der Waals surface area contributed by atoms with Gasteiger partial charge >= 0.3 is 0 Å². The molecule has 0 saturated heterocycles. The van der Waals surface area contributed by atoms with Crippen LogP contribution >= 0.6 is 0 Å². The smallest absolute Gasteiger partial charge is 0.123 e. The number of hydrogen-bond donors (Lipinski definition) is 1. The first-order valence-corrected chi connectivity index (χ1v) is 9.99. The molecule has 0 bridgehead atoms. The van der Waals surface area contributed by atoms with E-state index in [0.717, 1.165) is 35.3 Å². The van der Waals surface area contributed by atoms with E-state index in [4.69, 9.17) is 0 Å². The Hall–Kier alpha value is -2.98. The second-order valence-electron chi connectivity index (χ2n) is 8.29. The van der Waals surface area contributed by atoms with Crippen LogP contribution in [-0.2, 0) is 6.42 Å². The van der Waals surface area contributed by atoms with Gasteiger partial charge < -0.3 is 5.11 Å². The van der Waals surface area contributed by atoms with Crippen molar-refractivity contribution in [1.29, 1.82) is 0 Å². The molecule has 29 heavy (non-hydrogen) atoms. The maximum absolute atomic E-state index is 13.3. The highest BCUT2D eigenvalue weighted by Gasteiger charge is 2.53. The molecule has 3 aromatic rings. The van der Waals surface area contributed by atoms with E-state index in [1.165, 1.54) is 17.7 Å². The van der Waals surface area contributed by atoms with Crippen molar-refractivity contribution in [3.05, 3.63) is 95.1 Å². The average Bonchev–Trinajstić information content (AvgIpc) is 3.24. The van der Waals surface area contributed by atoms with Crippen LogP contribution in [0, 0.1) is 11.2 Å². The first kappa shape index (κ1) is 18.1. The Morgan fingerprint density at radius 3 is 2.62 bits per heavy atom. The summed E-state index contributed by atoms with van der Waals surface area (Å²) in [6, 6.07) is 16.5. The maximum Gasteiger partial charge on any atom is 0.123 e. The van der Waals surface area contributed by atoms with E-state index in [2.05, 4.69) is 18.1 Å². The van der Waals surface area contributed by atoms with Gasteiger partial charge in [-0.15, -0.1) is 0 Å². The quantitative estimate of drug-likeness (QED) is 0.672. The number of aromatic nitrogens is 2. The minimum atomic E-state index is -0.898. The summed E-state index contributed by atoms with van der Waals surface area (Å²) in [7, 11) is 0. The maximum atomic E-state index is 13.3. The molecule has 1 fully saturated rings. The van der Waals surface area contributed by atoms with Crippen molar-refractivity contribution >= 4 is 12.2 Å². The van der Waals surface area contributed by atoms with Crippen LogP contribution in [-0.4, -0.2) is 20.5 Å². The molecule has 0 radical (unpaired) electrons. The van der Waals surface area contributed by atoms with Crippen molar-refractivity contribution in [2.45, 2.75) is 31.8 Å². The van der Waals surface area contributed by atoms with Gasteiger partial charge in [0.15, 0.2) is 0 Å². The fourth-order valence-electron chi connectivity index (χ4n) is 4.73. The SMILES string of the molecule is C[C@]12Cc3cnn(-c4ccc(F)cc4)c3C=C1CC[C@@]2(O)/C=C\c1ccccc1. The normalized spacial score (nSPS) is 25.7. The van der Waals surface area contributed by atoms with Crippen LogP contribution in [0.3, 0.4) is 0 Å². The molecule has 0 spiro atoms. The van der Waals surface area contributed by atoms with Gasteiger partial charge in [-0.2, -0.15) is 5.10 Å². The van der Waals surface area contributed by atoms with Crippen LogP contribution in [0.15, 0.2) is 72.4 Å². The second kappa shape index (κ2) is 6.53. The third-order valence-corrected chi connectivity index (χ3v) is 6.60. The Morgan fingerprint density at radius 2 is 1.86 bits per heavy atom. The predicted molar refractivity (Wildman–Crippen MR) is 113 cm³/mol. The number of nitrogens with zero attached hydrogens (tertiary/aromatic N) is 2. The van der Waals surface area contributed by atoms with Gasteiger partial charge in [0.2, 0.25) is 0 Å². The summed E-state index contributed by atoms with van der Waals surface area (Å²) in [4.78, 5) is 0. The third-order valence-electron chi connectivity index (χ3n) is 6.60. The van der Waals surface area contributed by atoms with Crippen molar-refractivity contribution in [2.75, 3.05) is 0 Å². The highest BCUT2D eigenvalue weighted by Crippen LogP contribution is 2.56. The summed E-state index contributed by atoms with van der Waals surface area (Å²) in [5.74, 6) is -0.258. The van der Waals surface area contributed by atoms with E-state index >= 15 is 0 Å². The lowest BCUT2D eigenvalue weighted by Gasteiger charge is -2.40. The molecule has 5 rings (SSSR count). The summed E-state index contributed by atoms with van der Waals surface area (Å²) >= 11 is 0. The average molecular weight is 386 g/mol. The minimum absolute atomic E-state index is 0.258. The van der Waals surface area contributed by atoms with Crippen LogP contribution in [0.25, 0.3) is 17.8 Å². The van der Waals surface area contributed by atoms with E-state index in [-0.39, 0.29) is 11.2 Å². The summed E-state index contributed by atoms with van der Waals surface area (Å²) in [5, 5.41) is 16.1. The van der Waals surface area contributed by atoms with Gasteiger partial charge in [0.25, 0.3) is 0 Å². The third kappa shape index (κ3) is 2.87. The van der Waals surface area contributed by atoms with Crippen LogP contribution in [0.4, 0.5) is 4.39 Å². The molecule has 1 saturated carbocycles. The monoisotopic (exact) mass is 386 g/mol. The first-order chi connectivity index (χ1) is 14.0. The van der Waals surface area contributed by atoms with Gasteiger partial charge in [-0.05, 0) is 60.7 Å². The van der Waals surface area contributed by atoms with Crippen molar-refractivity contribution in [3.63, 3.8) is 0 Å². The van der Waals surface area contributed by atoms with Crippen molar-refractivity contribution in [3.8, 4) is 5.69 Å². The van der Waals surface area contributed by atoms with E-state index in [1.807, 2.05) is 53.4 Å². The number of halogens is 1. The summed E-state index contributed by atoms with van der Waals surface area (Å²) in [5.41, 5.74) is 4.04. The molecule has 0 unspecified atom stereocenters. The number of fused-ring (bicyclic) bond motifs is 2. The predicted octanol–water partition coefficient (Wildman–Crippen LogP) is 5.20. The number of benzene rings is 2. The summed E-state index contributed by atoms with van der Waals surface area (Å²) in [6.45, 7) is 2.15. The molecule has 146 valence electrons. The van der Waals surface area contributed by atoms with Gasteiger partial charge in [-0.1, -0.05) is 55.0 Å². The molecule has 2 atom stereocenters. The standard InChI is InChI=1S/C25H23FN2O/c1-24-16-19-17-27-28(22-9-7-21(26)8-10-22)23(19)15-20(24)12-14-25(24,29)13-11-18-5-3-2-4-6-18/h2-11,13,15,17,29H,12,14,16H2,1H3/b13-11-/t24-,25-/m0/s1. The van der Waals surface area contributed by atoms with E-state index in [0.29, 0.717) is 6.42 Å². The molecule has 4 heteroatoms. The molecule has 1 heterocycles. The molecule has 0 amide bonds. The number of aliphatic hydroxyl groups is 1. The zero-order valence-corrected chi connectivity index (χ0v) is 16.3. The lowest BCUT2D eigenvalue weighted by atomic mass is 9.67. The van der Waals surface area contributed by atoms with E-state index in [1.54, 1.807) is 12.1 Å². The fourth-order valence-corrected chi connectivity index (χ4v) is 4.73. The van der Waals surface area contributed by atoms with Gasteiger partial charge in [0.1, 0.15) is 5.82 Å². The zero-order chi connectivity index (χ0) is 20.1. The van der Waals surface area contributed by atoms with Gasteiger partial charge in [-0.3, -0.25) is 0 Å². The Kier molecular flexibility index (Phi) is 4.07. The molecule has 1 N–H and O–H groups in total. The van der Waals surface area contributed by atoms with Crippen LogP contribution in [0.5, 0.6) is 0 Å². The Bertz CT molecular complexity index is 1110. The van der Waals surface area contributed by atoms with Crippen molar-refractivity contribution in [2.24, 2.45) is 5.41 Å². The molecule has 0 aliphatic heterocycles. The van der Waals surface area contributed by atoms with Crippen LogP contribution in [0.1, 0.15) is 36.6 Å². The van der Waals surface area contributed by atoms with Gasteiger partial charge in [-0.25, -0.2) is 9.07 Å². The largest absolute Gasteiger partial charge is 0.385 e.